The zero-order valence-corrected chi connectivity index (χ0v) is 18.3. The summed E-state index contributed by atoms with van der Waals surface area (Å²) in [6.45, 7) is 3.52. The number of benzene rings is 2. The molecule has 0 saturated carbocycles. The third-order valence-electron chi connectivity index (χ3n) is 4.80. The van der Waals surface area contributed by atoms with Crippen LogP contribution in [0.5, 0.6) is 11.6 Å². The van der Waals surface area contributed by atoms with Gasteiger partial charge < -0.3 is 9.47 Å². The molecule has 0 N–H and O–H groups in total. The fourth-order valence-corrected chi connectivity index (χ4v) is 3.77. The molecule has 3 aromatic rings. The van der Waals surface area contributed by atoms with Crippen molar-refractivity contribution in [1.82, 2.24) is 15.2 Å². The number of anilines is 1. The molecule has 1 amide bonds. The highest BCUT2D eigenvalue weighted by Crippen LogP contribution is 2.45. The maximum Gasteiger partial charge on any atom is 0.270 e. The van der Waals surface area contributed by atoms with Gasteiger partial charge in [0.15, 0.2) is 5.69 Å². The monoisotopic (exact) mass is 453 g/mol. The van der Waals surface area contributed by atoms with Crippen LogP contribution < -0.4 is 14.4 Å². The van der Waals surface area contributed by atoms with Gasteiger partial charge in [-0.3, -0.25) is 19.8 Å². The number of ether oxygens (including phenoxy) is 2. The molecule has 0 bridgehead atoms. The van der Waals surface area contributed by atoms with Crippen molar-refractivity contribution in [3.8, 4) is 22.9 Å². The van der Waals surface area contributed by atoms with Gasteiger partial charge in [0.05, 0.1) is 22.8 Å². The van der Waals surface area contributed by atoms with Gasteiger partial charge >= 0.3 is 0 Å². The summed E-state index contributed by atoms with van der Waals surface area (Å²) in [5.74, 6) is 0.198. The number of para-hydroxylation sites is 1. The molecule has 0 fully saturated rings. The van der Waals surface area contributed by atoms with Crippen LogP contribution in [-0.2, 0) is 4.79 Å². The van der Waals surface area contributed by atoms with Crippen molar-refractivity contribution in [2.75, 3.05) is 17.8 Å². The van der Waals surface area contributed by atoms with Crippen LogP contribution in [0.25, 0.3) is 11.3 Å². The summed E-state index contributed by atoms with van der Waals surface area (Å²) < 4.78 is 12.0. The molecule has 2 heterocycles. The molecule has 0 unspecified atom stereocenters. The van der Waals surface area contributed by atoms with Gasteiger partial charge in [0.2, 0.25) is 23.2 Å². The normalized spacial score (nSPS) is 14.6. The maximum absolute atomic E-state index is 12.9. The van der Waals surface area contributed by atoms with Crippen LogP contribution in [0, 0.1) is 10.1 Å². The van der Waals surface area contributed by atoms with Gasteiger partial charge in [-0.05, 0) is 25.3 Å². The van der Waals surface area contributed by atoms with E-state index in [1.54, 1.807) is 31.4 Å². The number of nitro groups is 1. The summed E-state index contributed by atoms with van der Waals surface area (Å²) >= 11 is 1.29. The Morgan fingerprint density at radius 2 is 2.06 bits per heavy atom. The number of thioether (sulfide) groups is 1. The van der Waals surface area contributed by atoms with Crippen LogP contribution in [0.15, 0.2) is 47.6 Å². The Bertz CT molecular complexity index is 1200. The quantitative estimate of drug-likeness (QED) is 0.320. The van der Waals surface area contributed by atoms with E-state index in [-0.39, 0.29) is 17.5 Å². The number of amides is 1. The Morgan fingerprint density at radius 1 is 1.28 bits per heavy atom. The minimum absolute atomic E-state index is 0.154. The maximum atomic E-state index is 12.9. The number of nitrogens with zero attached hydrogens (tertiary/aromatic N) is 5. The van der Waals surface area contributed by atoms with E-state index in [2.05, 4.69) is 15.2 Å². The molecule has 0 saturated heterocycles. The molecule has 0 aliphatic carbocycles. The van der Waals surface area contributed by atoms with Crippen LogP contribution in [0.3, 0.4) is 0 Å². The number of hydrogen-bond donors (Lipinski definition) is 0. The lowest BCUT2D eigenvalue weighted by Gasteiger charge is -2.30. The zero-order chi connectivity index (χ0) is 22.8. The lowest BCUT2D eigenvalue weighted by Crippen LogP contribution is -2.36. The first-order valence-corrected chi connectivity index (χ1v) is 10.9. The first-order chi connectivity index (χ1) is 15.4. The molecule has 164 valence electrons. The van der Waals surface area contributed by atoms with Gasteiger partial charge in [0.1, 0.15) is 5.75 Å². The van der Waals surface area contributed by atoms with Gasteiger partial charge in [0, 0.05) is 24.6 Å². The topological polar surface area (TPSA) is 121 Å². The third kappa shape index (κ3) is 3.82. The van der Waals surface area contributed by atoms with Crippen molar-refractivity contribution in [2.24, 2.45) is 0 Å². The minimum Gasteiger partial charge on any atom is -0.493 e. The zero-order valence-electron chi connectivity index (χ0n) is 17.5. The van der Waals surface area contributed by atoms with Gasteiger partial charge in [-0.1, -0.05) is 30.0 Å². The van der Waals surface area contributed by atoms with Crippen molar-refractivity contribution >= 4 is 29.0 Å². The minimum atomic E-state index is -1.08. The van der Waals surface area contributed by atoms with E-state index < -0.39 is 11.2 Å². The second-order valence-corrected chi connectivity index (χ2v) is 7.51. The van der Waals surface area contributed by atoms with E-state index in [9.17, 15) is 14.9 Å². The number of hydrogen-bond acceptors (Lipinski definition) is 9. The van der Waals surface area contributed by atoms with E-state index in [0.29, 0.717) is 40.0 Å². The van der Waals surface area contributed by atoms with Crippen LogP contribution in [0.2, 0.25) is 0 Å². The molecular weight excluding hydrogens is 434 g/mol. The van der Waals surface area contributed by atoms with Crippen LogP contribution in [-0.4, -0.2) is 38.9 Å². The average molecular weight is 453 g/mol. The molecule has 4 rings (SSSR count). The summed E-state index contributed by atoms with van der Waals surface area (Å²) in [4.78, 5) is 29.7. The van der Waals surface area contributed by atoms with Crippen molar-refractivity contribution < 1.29 is 19.2 Å². The number of carbonyl (C=O) groups excluding carboxylic acids is 1. The second kappa shape index (κ2) is 8.79. The molecular formula is C21H19N5O5S. The largest absolute Gasteiger partial charge is 0.493 e. The second-order valence-electron chi connectivity index (χ2n) is 6.74. The number of nitro benzene ring substituents is 1. The van der Waals surface area contributed by atoms with Gasteiger partial charge in [-0.15, -0.1) is 10.2 Å². The predicted molar refractivity (Wildman–Crippen MR) is 118 cm³/mol. The fraction of sp³-hybridized carbons (Fsp3) is 0.238. The standard InChI is InChI=1S/C21H19N5O5S/c1-4-30-17-10-9-13(26(28)29)11-15(17)20-25(12(2)27)16-8-6-5-7-14(16)18-19(31-20)22-21(32-3)24-23-18/h5-11,20H,4H2,1-3H3/t20-/m0/s1. The summed E-state index contributed by atoms with van der Waals surface area (Å²) in [6.07, 6.45) is 0.726. The number of non-ortho nitro benzene ring substituents is 1. The lowest BCUT2D eigenvalue weighted by molar-refractivity contribution is -0.385. The molecule has 11 heteroatoms. The first-order valence-electron chi connectivity index (χ1n) is 9.70. The molecule has 0 radical (unpaired) electrons. The van der Waals surface area contributed by atoms with Gasteiger partial charge in [-0.2, -0.15) is 4.98 Å². The molecule has 1 aliphatic rings. The highest BCUT2D eigenvalue weighted by Gasteiger charge is 2.36. The number of carbonyl (C=O) groups is 1. The third-order valence-corrected chi connectivity index (χ3v) is 5.34. The van der Waals surface area contributed by atoms with Crippen LogP contribution >= 0.6 is 11.8 Å². The fourth-order valence-electron chi connectivity index (χ4n) is 3.47. The molecule has 0 spiro atoms. The molecule has 10 nitrogen and oxygen atoms in total. The Kier molecular flexibility index (Phi) is 5.91. The Labute approximate surface area is 187 Å². The highest BCUT2D eigenvalue weighted by molar-refractivity contribution is 7.98. The number of fused-ring (bicyclic) bond motifs is 3. The van der Waals surface area contributed by atoms with Crippen molar-refractivity contribution in [3.05, 3.63) is 58.1 Å². The predicted octanol–water partition coefficient (Wildman–Crippen LogP) is 4.01. The van der Waals surface area contributed by atoms with Crippen molar-refractivity contribution in [1.29, 1.82) is 0 Å². The smallest absolute Gasteiger partial charge is 0.270 e. The Morgan fingerprint density at radius 3 is 2.75 bits per heavy atom. The van der Waals surface area contributed by atoms with Crippen LogP contribution in [0.1, 0.15) is 25.6 Å². The van der Waals surface area contributed by atoms with E-state index in [4.69, 9.17) is 9.47 Å². The van der Waals surface area contributed by atoms with Crippen molar-refractivity contribution in [2.45, 2.75) is 25.2 Å². The van der Waals surface area contributed by atoms with E-state index >= 15 is 0 Å². The summed E-state index contributed by atoms with van der Waals surface area (Å²) in [5.41, 5.74) is 1.67. The Balaban J connectivity index is 2.00. The molecule has 1 aromatic heterocycles. The Hall–Kier alpha value is -3.73. The highest BCUT2D eigenvalue weighted by atomic mass is 32.2. The summed E-state index contributed by atoms with van der Waals surface area (Å²) in [6, 6.07) is 11.3. The lowest BCUT2D eigenvalue weighted by atomic mass is 10.1. The van der Waals surface area contributed by atoms with Gasteiger partial charge in [0.25, 0.3) is 5.69 Å². The molecule has 1 aliphatic heterocycles. The molecule has 1 atom stereocenters. The van der Waals surface area contributed by atoms with E-state index in [1.165, 1.54) is 41.8 Å². The summed E-state index contributed by atoms with van der Waals surface area (Å²) in [5, 5.41) is 20.3. The first kappa shape index (κ1) is 21.5. The number of aromatic nitrogens is 3. The van der Waals surface area contributed by atoms with Crippen LogP contribution in [0.4, 0.5) is 11.4 Å². The van der Waals surface area contributed by atoms with E-state index in [0.717, 1.165) is 0 Å². The summed E-state index contributed by atoms with van der Waals surface area (Å²) in [7, 11) is 0. The number of rotatable bonds is 5. The van der Waals surface area contributed by atoms with Gasteiger partial charge in [-0.25, -0.2) is 0 Å². The SMILES string of the molecule is CCOc1ccc([N+](=O)[O-])cc1[C@@H]1Oc2nc(SC)nnc2-c2ccccc2N1C(C)=O. The molecule has 2 aromatic carbocycles. The molecule has 32 heavy (non-hydrogen) atoms. The van der Waals surface area contributed by atoms with E-state index in [1.807, 2.05) is 6.07 Å². The average Bonchev–Trinajstić information content (AvgIpc) is 2.93. The van der Waals surface area contributed by atoms with Crippen molar-refractivity contribution in [3.63, 3.8) is 0 Å².